The van der Waals surface area contributed by atoms with Crippen molar-refractivity contribution >= 4 is 5.97 Å². The highest BCUT2D eigenvalue weighted by molar-refractivity contribution is 5.69. The molecular formula is C13H18FNO3. The molecule has 1 rings (SSSR count). The molecule has 5 heteroatoms. The SMILES string of the molecule is CCOC(=O)CCc1ccc(OCCN)cc1F. The highest BCUT2D eigenvalue weighted by atomic mass is 19.1. The molecule has 4 nitrogen and oxygen atoms in total. The van der Waals surface area contributed by atoms with Crippen LogP contribution in [0.15, 0.2) is 18.2 Å². The Hall–Kier alpha value is -1.62. The number of halogens is 1. The summed E-state index contributed by atoms with van der Waals surface area (Å²) in [4.78, 5) is 11.2. The second-order valence-corrected chi connectivity index (χ2v) is 3.70. The van der Waals surface area contributed by atoms with E-state index in [9.17, 15) is 9.18 Å². The first-order chi connectivity index (χ1) is 8.67. The lowest BCUT2D eigenvalue weighted by Gasteiger charge is -2.07. The number of esters is 1. The van der Waals surface area contributed by atoms with Crippen LogP contribution >= 0.6 is 0 Å². The predicted octanol–water partition coefficient (Wildman–Crippen LogP) is 1.66. The van der Waals surface area contributed by atoms with Crippen LogP contribution in [0.1, 0.15) is 18.9 Å². The summed E-state index contributed by atoms with van der Waals surface area (Å²) in [5.74, 6) is -0.257. The number of hydrogen-bond acceptors (Lipinski definition) is 4. The standard InChI is InChI=1S/C13H18FNO3/c1-2-17-13(16)6-4-10-3-5-11(9-12(10)14)18-8-7-15/h3,5,9H,2,4,6-8,15H2,1H3. The van der Waals surface area contributed by atoms with Gasteiger partial charge < -0.3 is 15.2 Å². The minimum atomic E-state index is -0.381. The zero-order chi connectivity index (χ0) is 13.4. The molecule has 0 spiro atoms. The van der Waals surface area contributed by atoms with E-state index < -0.39 is 0 Å². The number of benzene rings is 1. The van der Waals surface area contributed by atoms with Gasteiger partial charge in [-0.2, -0.15) is 0 Å². The fourth-order valence-corrected chi connectivity index (χ4v) is 1.47. The maximum Gasteiger partial charge on any atom is 0.306 e. The molecule has 0 unspecified atom stereocenters. The molecule has 0 aliphatic rings. The fourth-order valence-electron chi connectivity index (χ4n) is 1.47. The highest BCUT2D eigenvalue weighted by Gasteiger charge is 2.08. The zero-order valence-corrected chi connectivity index (χ0v) is 10.4. The van der Waals surface area contributed by atoms with Gasteiger partial charge in [-0.1, -0.05) is 6.07 Å². The van der Waals surface area contributed by atoms with Crippen molar-refractivity contribution in [3.63, 3.8) is 0 Å². The Balaban J connectivity index is 2.54. The van der Waals surface area contributed by atoms with Gasteiger partial charge in [-0.15, -0.1) is 0 Å². The molecule has 1 aromatic carbocycles. The third-order valence-electron chi connectivity index (χ3n) is 2.31. The van der Waals surface area contributed by atoms with Crippen LogP contribution in [0.3, 0.4) is 0 Å². The van der Waals surface area contributed by atoms with Crippen molar-refractivity contribution in [3.8, 4) is 5.75 Å². The Labute approximate surface area is 106 Å². The molecule has 1 aromatic rings. The third kappa shape index (κ3) is 4.71. The van der Waals surface area contributed by atoms with Crippen LogP contribution in [-0.2, 0) is 16.0 Å². The molecule has 18 heavy (non-hydrogen) atoms. The topological polar surface area (TPSA) is 61.5 Å². The monoisotopic (exact) mass is 255 g/mol. The number of aryl methyl sites for hydroxylation is 1. The van der Waals surface area contributed by atoms with Gasteiger partial charge in [0.1, 0.15) is 18.2 Å². The van der Waals surface area contributed by atoms with Gasteiger partial charge in [-0.3, -0.25) is 4.79 Å². The molecule has 0 aliphatic carbocycles. The van der Waals surface area contributed by atoms with Crippen molar-refractivity contribution in [2.75, 3.05) is 19.8 Å². The number of hydrogen-bond donors (Lipinski definition) is 1. The van der Waals surface area contributed by atoms with Gasteiger partial charge in [0.05, 0.1) is 6.61 Å². The van der Waals surface area contributed by atoms with Crippen LogP contribution in [0, 0.1) is 5.82 Å². The van der Waals surface area contributed by atoms with E-state index in [1.54, 1.807) is 19.1 Å². The molecule has 0 amide bonds. The highest BCUT2D eigenvalue weighted by Crippen LogP contribution is 2.18. The minimum absolute atomic E-state index is 0.174. The van der Waals surface area contributed by atoms with Gasteiger partial charge in [-0.05, 0) is 25.0 Å². The lowest BCUT2D eigenvalue weighted by Crippen LogP contribution is -2.11. The number of ether oxygens (including phenoxy) is 2. The summed E-state index contributed by atoms with van der Waals surface area (Å²) < 4.78 is 23.6. The predicted molar refractivity (Wildman–Crippen MR) is 65.9 cm³/mol. The molecule has 0 aromatic heterocycles. The lowest BCUT2D eigenvalue weighted by molar-refractivity contribution is -0.143. The second kappa shape index (κ2) is 7.66. The number of rotatable bonds is 7. The number of carbonyl (C=O) groups excluding carboxylic acids is 1. The second-order valence-electron chi connectivity index (χ2n) is 3.70. The summed E-state index contributed by atoms with van der Waals surface area (Å²) in [6.07, 6.45) is 0.496. The molecule has 0 aliphatic heterocycles. The largest absolute Gasteiger partial charge is 0.492 e. The van der Waals surface area contributed by atoms with Crippen LogP contribution < -0.4 is 10.5 Å². The van der Waals surface area contributed by atoms with Crippen molar-refractivity contribution < 1.29 is 18.7 Å². The first-order valence-electron chi connectivity index (χ1n) is 5.94. The summed E-state index contributed by atoms with van der Waals surface area (Å²) >= 11 is 0. The van der Waals surface area contributed by atoms with E-state index in [2.05, 4.69) is 0 Å². The summed E-state index contributed by atoms with van der Waals surface area (Å²) in [7, 11) is 0. The van der Waals surface area contributed by atoms with E-state index in [1.165, 1.54) is 6.07 Å². The molecule has 0 bridgehead atoms. The Morgan fingerprint density at radius 1 is 1.44 bits per heavy atom. The van der Waals surface area contributed by atoms with Crippen molar-refractivity contribution in [2.24, 2.45) is 5.73 Å². The Morgan fingerprint density at radius 2 is 2.22 bits per heavy atom. The lowest BCUT2D eigenvalue weighted by atomic mass is 10.1. The fraction of sp³-hybridized carbons (Fsp3) is 0.462. The molecule has 100 valence electrons. The third-order valence-corrected chi connectivity index (χ3v) is 2.31. The Bertz CT molecular complexity index is 396. The van der Waals surface area contributed by atoms with E-state index in [0.717, 1.165) is 0 Å². The smallest absolute Gasteiger partial charge is 0.306 e. The first-order valence-corrected chi connectivity index (χ1v) is 5.94. The van der Waals surface area contributed by atoms with Crippen LogP contribution in [0.25, 0.3) is 0 Å². The van der Waals surface area contributed by atoms with E-state index in [0.29, 0.717) is 37.5 Å². The summed E-state index contributed by atoms with van der Waals surface area (Å²) in [5, 5.41) is 0. The normalized spacial score (nSPS) is 10.2. The van der Waals surface area contributed by atoms with Crippen LogP contribution in [0.4, 0.5) is 4.39 Å². The average Bonchev–Trinajstić information content (AvgIpc) is 2.35. The molecule has 0 atom stereocenters. The van der Waals surface area contributed by atoms with Crippen LogP contribution in [0.2, 0.25) is 0 Å². The van der Waals surface area contributed by atoms with Crippen LogP contribution in [0.5, 0.6) is 5.75 Å². The van der Waals surface area contributed by atoms with Gasteiger partial charge in [0.25, 0.3) is 0 Å². The van der Waals surface area contributed by atoms with Gasteiger partial charge >= 0.3 is 5.97 Å². The molecule has 0 saturated heterocycles. The Kier molecular flexibility index (Phi) is 6.14. The molecule has 0 heterocycles. The van der Waals surface area contributed by atoms with Crippen molar-refractivity contribution in [1.82, 2.24) is 0 Å². The van der Waals surface area contributed by atoms with Crippen molar-refractivity contribution in [3.05, 3.63) is 29.6 Å². The van der Waals surface area contributed by atoms with Crippen molar-refractivity contribution in [2.45, 2.75) is 19.8 Å². The van der Waals surface area contributed by atoms with Gasteiger partial charge in [-0.25, -0.2) is 4.39 Å². The maximum atomic E-state index is 13.7. The van der Waals surface area contributed by atoms with E-state index in [-0.39, 0.29) is 18.2 Å². The molecular weight excluding hydrogens is 237 g/mol. The zero-order valence-electron chi connectivity index (χ0n) is 10.4. The first kappa shape index (κ1) is 14.4. The summed E-state index contributed by atoms with van der Waals surface area (Å²) in [5.41, 5.74) is 5.76. The number of nitrogens with two attached hydrogens (primary N) is 1. The van der Waals surface area contributed by atoms with Crippen LogP contribution in [-0.4, -0.2) is 25.7 Å². The quantitative estimate of drug-likeness (QED) is 0.753. The summed E-state index contributed by atoms with van der Waals surface area (Å²) in [6.45, 7) is 2.81. The minimum Gasteiger partial charge on any atom is -0.492 e. The summed E-state index contributed by atoms with van der Waals surface area (Å²) in [6, 6.07) is 4.58. The van der Waals surface area contributed by atoms with Gasteiger partial charge in [0.15, 0.2) is 0 Å². The molecule has 0 saturated carbocycles. The van der Waals surface area contributed by atoms with Crippen molar-refractivity contribution in [1.29, 1.82) is 0 Å². The molecule has 0 fully saturated rings. The van der Waals surface area contributed by atoms with Gasteiger partial charge in [0, 0.05) is 19.0 Å². The maximum absolute atomic E-state index is 13.7. The average molecular weight is 255 g/mol. The van der Waals surface area contributed by atoms with E-state index in [1.807, 2.05) is 0 Å². The molecule has 0 radical (unpaired) electrons. The van der Waals surface area contributed by atoms with Gasteiger partial charge in [0.2, 0.25) is 0 Å². The van der Waals surface area contributed by atoms with E-state index in [4.69, 9.17) is 15.2 Å². The van der Waals surface area contributed by atoms with E-state index >= 15 is 0 Å². The number of carbonyl (C=O) groups is 1. The molecule has 2 N–H and O–H groups in total. The Morgan fingerprint density at radius 3 is 2.83 bits per heavy atom.